The van der Waals surface area contributed by atoms with Gasteiger partial charge in [-0.15, -0.1) is 0 Å². The maximum atomic E-state index is 13.6. The van der Waals surface area contributed by atoms with Crippen LogP contribution in [-0.4, -0.2) is 21.7 Å². The monoisotopic (exact) mass is 602 g/mol. The number of rotatable bonds is 7. The summed E-state index contributed by atoms with van der Waals surface area (Å²) in [5.74, 6) is 0.128. The van der Waals surface area contributed by atoms with E-state index in [4.69, 9.17) is 28.2 Å². The maximum absolute atomic E-state index is 13.6. The number of nitrogens with zero attached hydrogens (tertiary/aromatic N) is 2. The Morgan fingerprint density at radius 1 is 0.900 bits per heavy atom. The number of hydrogen-bond acceptors (Lipinski definition) is 3. The van der Waals surface area contributed by atoms with Crippen molar-refractivity contribution < 1.29 is 18.3 Å². The number of benzene rings is 4. The van der Waals surface area contributed by atoms with E-state index in [1.54, 1.807) is 18.2 Å². The zero-order valence-corrected chi connectivity index (χ0v) is 24.2. The zero-order chi connectivity index (χ0) is 28.9. The third-order valence-electron chi connectivity index (χ3n) is 6.15. The smallest absolute Gasteiger partial charge is 0.417 e. The van der Waals surface area contributed by atoms with Gasteiger partial charge < -0.3 is 10.0 Å². The topological polar surface area (TPSA) is 35.8 Å². The molecule has 0 unspecified atom stereocenters. The largest absolute Gasteiger partial charge is 0.508 e. The van der Waals surface area contributed by atoms with Crippen molar-refractivity contribution in [1.82, 2.24) is 4.90 Å². The Labute approximate surface area is 246 Å². The lowest BCUT2D eigenvalue weighted by Gasteiger charge is -2.27. The Balaban J connectivity index is 1.79. The van der Waals surface area contributed by atoms with Crippen LogP contribution in [0.2, 0.25) is 10.0 Å². The van der Waals surface area contributed by atoms with Crippen LogP contribution in [-0.2, 0) is 19.1 Å². The predicted molar refractivity (Wildman–Crippen MR) is 159 cm³/mol. The molecule has 0 radical (unpaired) electrons. The van der Waals surface area contributed by atoms with Crippen LogP contribution in [0.4, 0.5) is 18.9 Å². The minimum atomic E-state index is -4.61. The summed E-state index contributed by atoms with van der Waals surface area (Å²) in [6.07, 6.45) is -3.98. The molecule has 0 aromatic heterocycles. The number of halogens is 5. The molecule has 0 aliphatic rings. The number of aliphatic imine (C=N–C) groups is 1. The van der Waals surface area contributed by atoms with E-state index in [9.17, 15) is 18.3 Å². The molecule has 0 fully saturated rings. The van der Waals surface area contributed by atoms with Crippen molar-refractivity contribution in [2.24, 2.45) is 4.99 Å². The van der Waals surface area contributed by atoms with Crippen LogP contribution in [0.1, 0.15) is 27.8 Å². The SMILES string of the molecule is Cc1ccc(SC(=Nc2ccc(Cl)c(C(F)(F)F)c2)N(CCc2ccc(Cl)cc2)Cc2cccc(O)c2)c(C)c1. The second-order valence-corrected chi connectivity index (χ2v) is 11.2. The fraction of sp³-hybridized carbons (Fsp3) is 0.194. The molecule has 9 heteroatoms. The summed E-state index contributed by atoms with van der Waals surface area (Å²) < 4.78 is 40.9. The molecular formula is C31H27Cl2F3N2OS. The highest BCUT2D eigenvalue weighted by Gasteiger charge is 2.33. The second-order valence-electron chi connectivity index (χ2n) is 9.40. The number of phenols is 1. The molecule has 0 aliphatic carbocycles. The van der Waals surface area contributed by atoms with Gasteiger partial charge in [0, 0.05) is 23.0 Å². The lowest BCUT2D eigenvalue weighted by molar-refractivity contribution is -0.137. The van der Waals surface area contributed by atoms with E-state index in [0.717, 1.165) is 33.2 Å². The highest BCUT2D eigenvalue weighted by molar-refractivity contribution is 8.13. The molecular weight excluding hydrogens is 576 g/mol. The highest BCUT2D eigenvalue weighted by Crippen LogP contribution is 2.38. The molecule has 0 heterocycles. The standard InChI is InChI=1S/C31H27Cl2F3N2OS/c1-20-6-13-29(21(2)16-20)40-30(37-25-11-12-28(33)27(18-25)31(34,35)36)38(19-23-4-3-5-26(39)17-23)15-14-22-7-9-24(32)10-8-22/h3-13,16-18,39H,14-15,19H2,1-2H3. The molecule has 0 spiro atoms. The zero-order valence-electron chi connectivity index (χ0n) is 21.8. The predicted octanol–water partition coefficient (Wildman–Crippen LogP) is 9.86. The van der Waals surface area contributed by atoms with Crippen molar-refractivity contribution in [1.29, 1.82) is 0 Å². The van der Waals surface area contributed by atoms with Crippen molar-refractivity contribution >= 4 is 45.8 Å². The molecule has 0 aliphatic heterocycles. The van der Waals surface area contributed by atoms with E-state index in [1.165, 1.54) is 23.9 Å². The minimum Gasteiger partial charge on any atom is -0.508 e. The van der Waals surface area contributed by atoms with Gasteiger partial charge in [-0.05, 0) is 85.5 Å². The van der Waals surface area contributed by atoms with Crippen molar-refractivity contribution in [3.05, 3.63) is 123 Å². The molecule has 4 aromatic carbocycles. The van der Waals surface area contributed by atoms with Crippen LogP contribution in [0.5, 0.6) is 5.75 Å². The van der Waals surface area contributed by atoms with Crippen molar-refractivity contribution in [2.45, 2.75) is 37.9 Å². The van der Waals surface area contributed by atoms with Crippen LogP contribution >= 0.6 is 35.0 Å². The molecule has 0 amide bonds. The first-order chi connectivity index (χ1) is 19.0. The third-order valence-corrected chi connectivity index (χ3v) is 7.94. The molecule has 4 rings (SSSR count). The number of alkyl halides is 3. The summed E-state index contributed by atoms with van der Waals surface area (Å²) in [7, 11) is 0. The van der Waals surface area contributed by atoms with Gasteiger partial charge in [-0.2, -0.15) is 13.2 Å². The Morgan fingerprint density at radius 2 is 1.65 bits per heavy atom. The number of thioether (sulfide) groups is 1. The quantitative estimate of drug-likeness (QED) is 0.130. The van der Waals surface area contributed by atoms with Crippen LogP contribution in [0.3, 0.4) is 0 Å². The Bertz CT molecular complexity index is 1510. The lowest BCUT2D eigenvalue weighted by Crippen LogP contribution is -2.30. The summed E-state index contributed by atoms with van der Waals surface area (Å²) in [6, 6.07) is 24.1. The molecule has 0 saturated heterocycles. The van der Waals surface area contributed by atoms with Crippen molar-refractivity contribution in [3.8, 4) is 5.75 Å². The van der Waals surface area contributed by atoms with Crippen LogP contribution in [0.15, 0.2) is 94.8 Å². The van der Waals surface area contributed by atoms with E-state index < -0.39 is 11.7 Å². The number of phenolic OH excluding ortho intramolecular Hbond substituents is 1. The molecule has 0 saturated carbocycles. The first-order valence-electron chi connectivity index (χ1n) is 12.5. The fourth-order valence-electron chi connectivity index (χ4n) is 4.11. The lowest BCUT2D eigenvalue weighted by atomic mass is 10.1. The first kappa shape index (κ1) is 29.8. The van der Waals surface area contributed by atoms with Crippen LogP contribution in [0.25, 0.3) is 0 Å². The Morgan fingerprint density at radius 3 is 2.33 bits per heavy atom. The van der Waals surface area contributed by atoms with Crippen molar-refractivity contribution in [3.63, 3.8) is 0 Å². The molecule has 0 bridgehead atoms. The minimum absolute atomic E-state index is 0.128. The van der Waals surface area contributed by atoms with Crippen LogP contribution in [0, 0.1) is 13.8 Å². The van der Waals surface area contributed by atoms with Gasteiger partial charge in [-0.25, -0.2) is 4.99 Å². The Kier molecular flexibility index (Phi) is 9.72. The summed E-state index contributed by atoms with van der Waals surface area (Å²) in [5, 5.41) is 10.8. The van der Waals surface area contributed by atoms with Gasteiger partial charge >= 0.3 is 6.18 Å². The summed E-state index contributed by atoms with van der Waals surface area (Å²) in [6.45, 7) is 4.87. The first-order valence-corrected chi connectivity index (χ1v) is 14.0. The van der Waals surface area contributed by atoms with Crippen molar-refractivity contribution in [2.75, 3.05) is 6.54 Å². The molecule has 3 nitrogen and oxygen atoms in total. The van der Waals surface area contributed by atoms with E-state index in [2.05, 4.69) is 6.07 Å². The van der Waals surface area contributed by atoms with Gasteiger partial charge in [0.2, 0.25) is 0 Å². The van der Waals surface area contributed by atoms with E-state index in [1.807, 2.05) is 61.2 Å². The molecule has 4 aromatic rings. The van der Waals surface area contributed by atoms with Gasteiger partial charge in [0.1, 0.15) is 5.75 Å². The number of hydrogen-bond donors (Lipinski definition) is 1. The van der Waals surface area contributed by atoms with E-state index in [0.29, 0.717) is 29.7 Å². The third kappa shape index (κ3) is 8.19. The summed E-state index contributed by atoms with van der Waals surface area (Å²) >= 11 is 13.3. The van der Waals surface area contributed by atoms with E-state index in [-0.39, 0.29) is 16.5 Å². The summed E-state index contributed by atoms with van der Waals surface area (Å²) in [4.78, 5) is 7.68. The fourth-order valence-corrected chi connectivity index (χ4v) is 5.45. The Hall–Kier alpha value is -3.13. The maximum Gasteiger partial charge on any atom is 0.417 e. The highest BCUT2D eigenvalue weighted by atomic mass is 35.5. The van der Waals surface area contributed by atoms with Gasteiger partial charge in [0.05, 0.1) is 16.3 Å². The summed E-state index contributed by atoms with van der Waals surface area (Å²) in [5.41, 5.74) is 3.21. The van der Waals surface area contributed by atoms with Crippen LogP contribution < -0.4 is 0 Å². The normalized spacial score (nSPS) is 12.0. The van der Waals surface area contributed by atoms with Gasteiger partial charge in [0.15, 0.2) is 5.17 Å². The molecule has 0 atom stereocenters. The molecule has 40 heavy (non-hydrogen) atoms. The van der Waals surface area contributed by atoms with Gasteiger partial charge in [-0.3, -0.25) is 0 Å². The second kappa shape index (κ2) is 13.0. The average molecular weight is 604 g/mol. The van der Waals surface area contributed by atoms with E-state index >= 15 is 0 Å². The van der Waals surface area contributed by atoms with Gasteiger partial charge in [-0.1, -0.05) is 76.9 Å². The number of aryl methyl sites for hydroxylation is 2. The van der Waals surface area contributed by atoms with Gasteiger partial charge in [0.25, 0.3) is 0 Å². The molecule has 1 N–H and O–H groups in total. The molecule has 208 valence electrons. The number of aromatic hydroxyl groups is 1. The average Bonchev–Trinajstić information content (AvgIpc) is 2.89. The number of amidine groups is 1.